The van der Waals surface area contributed by atoms with E-state index in [1.165, 1.54) is 6.42 Å². The first-order valence-corrected chi connectivity index (χ1v) is 9.49. The third-order valence-corrected chi connectivity index (χ3v) is 5.86. The predicted molar refractivity (Wildman–Crippen MR) is 107 cm³/mol. The molecule has 2 bridgehead atoms. The van der Waals surface area contributed by atoms with Crippen molar-refractivity contribution in [3.8, 4) is 5.75 Å². The molecule has 0 radical (unpaired) electrons. The van der Waals surface area contributed by atoms with Crippen LogP contribution in [0.4, 0.5) is 0 Å². The molecule has 0 saturated heterocycles. The van der Waals surface area contributed by atoms with Gasteiger partial charge in [-0.2, -0.15) is 0 Å². The van der Waals surface area contributed by atoms with Crippen LogP contribution in [0.25, 0.3) is 0 Å². The zero-order valence-corrected chi connectivity index (χ0v) is 16.6. The smallest absolute Gasteiger partial charge is 0.239 e. The summed E-state index contributed by atoms with van der Waals surface area (Å²) in [5.74, 6) is 1.52. The molecule has 2 saturated carbocycles. The van der Waals surface area contributed by atoms with Gasteiger partial charge in [-0.3, -0.25) is 9.59 Å². The molecule has 2 fully saturated rings. The number of halogens is 1. The Morgan fingerprint density at radius 2 is 1.74 bits per heavy atom. The van der Waals surface area contributed by atoms with Crippen molar-refractivity contribution >= 4 is 24.2 Å². The van der Waals surface area contributed by atoms with E-state index in [1.54, 1.807) is 7.11 Å². The zero-order chi connectivity index (χ0) is 18.5. The number of rotatable bonds is 6. The summed E-state index contributed by atoms with van der Waals surface area (Å²) in [7, 11) is 1.62. The fraction of sp³-hybridized carbons (Fsp3) is 0.600. The minimum Gasteiger partial charge on any atom is -0.497 e. The maximum atomic E-state index is 12.4. The fourth-order valence-electron chi connectivity index (χ4n) is 4.32. The Hall–Kier alpha value is -1.79. The molecule has 1 aromatic carbocycles. The molecule has 2 amide bonds. The Kier molecular flexibility index (Phi) is 7.92. The third kappa shape index (κ3) is 5.59. The summed E-state index contributed by atoms with van der Waals surface area (Å²) in [5.41, 5.74) is 7.26. The highest BCUT2D eigenvalue weighted by molar-refractivity contribution is 5.86. The molecule has 4 N–H and O–H groups in total. The average molecular weight is 396 g/mol. The first-order chi connectivity index (χ1) is 12.6. The topological polar surface area (TPSA) is 93.5 Å². The summed E-state index contributed by atoms with van der Waals surface area (Å²) in [4.78, 5) is 24.4. The molecular formula is C20H30ClN3O3. The highest BCUT2D eigenvalue weighted by atomic mass is 35.5. The number of hydrogen-bond donors (Lipinski definition) is 3. The van der Waals surface area contributed by atoms with E-state index >= 15 is 0 Å². The van der Waals surface area contributed by atoms with Gasteiger partial charge in [-0.25, -0.2) is 0 Å². The largest absolute Gasteiger partial charge is 0.497 e. The maximum absolute atomic E-state index is 12.4. The second-order valence-corrected chi connectivity index (χ2v) is 7.54. The standard InChI is InChI=1S/C20H29N3O3.ClH/c1-26-17-7-5-13(6-8-17)11-22-18(24)12-23-20(25)16-9-14-3-2-4-15(10-16)19(14)21;/h5-8,14-16,19H,2-4,9-12,21H2,1H3,(H,22,24)(H,23,25);1H. The summed E-state index contributed by atoms with van der Waals surface area (Å²) < 4.78 is 5.11. The molecular weight excluding hydrogens is 366 g/mol. The molecule has 0 spiro atoms. The van der Waals surface area contributed by atoms with Crippen molar-refractivity contribution in [2.24, 2.45) is 23.5 Å². The van der Waals surface area contributed by atoms with Gasteiger partial charge in [-0.1, -0.05) is 18.6 Å². The van der Waals surface area contributed by atoms with Crippen molar-refractivity contribution in [3.63, 3.8) is 0 Å². The monoisotopic (exact) mass is 395 g/mol. The Morgan fingerprint density at radius 3 is 2.33 bits per heavy atom. The first-order valence-electron chi connectivity index (χ1n) is 9.49. The van der Waals surface area contributed by atoms with Crippen LogP contribution in [0.1, 0.15) is 37.7 Å². The normalized spacial score (nSPS) is 26.4. The van der Waals surface area contributed by atoms with Crippen LogP contribution in [0.3, 0.4) is 0 Å². The average Bonchev–Trinajstić information content (AvgIpc) is 2.64. The number of hydrogen-bond acceptors (Lipinski definition) is 4. The highest BCUT2D eigenvalue weighted by Crippen LogP contribution is 2.41. The molecule has 27 heavy (non-hydrogen) atoms. The summed E-state index contributed by atoms with van der Waals surface area (Å²) in [6, 6.07) is 7.77. The van der Waals surface area contributed by atoms with Gasteiger partial charge in [0.15, 0.2) is 0 Å². The van der Waals surface area contributed by atoms with Crippen LogP contribution in [0, 0.1) is 17.8 Å². The second kappa shape index (κ2) is 9.95. The van der Waals surface area contributed by atoms with E-state index in [0.717, 1.165) is 37.0 Å². The van der Waals surface area contributed by atoms with Gasteiger partial charge in [-0.15, -0.1) is 12.4 Å². The van der Waals surface area contributed by atoms with Crippen LogP contribution in [-0.2, 0) is 16.1 Å². The molecule has 150 valence electrons. The van der Waals surface area contributed by atoms with Gasteiger partial charge in [0.1, 0.15) is 5.75 Å². The maximum Gasteiger partial charge on any atom is 0.239 e. The number of benzene rings is 1. The first kappa shape index (κ1) is 21.5. The molecule has 2 aliphatic carbocycles. The summed E-state index contributed by atoms with van der Waals surface area (Å²) in [5, 5.41) is 5.63. The van der Waals surface area contributed by atoms with Crippen LogP contribution >= 0.6 is 12.4 Å². The van der Waals surface area contributed by atoms with Gasteiger partial charge in [0.25, 0.3) is 0 Å². The molecule has 2 atom stereocenters. The third-order valence-electron chi connectivity index (χ3n) is 5.86. The van der Waals surface area contributed by atoms with Crippen LogP contribution in [0.5, 0.6) is 5.75 Å². The summed E-state index contributed by atoms with van der Waals surface area (Å²) >= 11 is 0. The van der Waals surface area contributed by atoms with Crippen molar-refractivity contribution in [3.05, 3.63) is 29.8 Å². The zero-order valence-electron chi connectivity index (χ0n) is 15.8. The Balaban J connectivity index is 0.00000261. The highest BCUT2D eigenvalue weighted by Gasteiger charge is 2.40. The van der Waals surface area contributed by atoms with Gasteiger partial charge >= 0.3 is 0 Å². The van der Waals surface area contributed by atoms with E-state index in [1.807, 2.05) is 24.3 Å². The van der Waals surface area contributed by atoms with Crippen LogP contribution in [0.2, 0.25) is 0 Å². The van der Waals surface area contributed by atoms with Gasteiger partial charge in [0.2, 0.25) is 11.8 Å². The lowest BCUT2D eigenvalue weighted by Crippen LogP contribution is -2.49. The van der Waals surface area contributed by atoms with Crippen LogP contribution in [-0.4, -0.2) is 31.5 Å². The lowest BCUT2D eigenvalue weighted by atomic mass is 9.65. The molecule has 0 aromatic heterocycles. The van der Waals surface area contributed by atoms with Crippen molar-refractivity contribution in [2.75, 3.05) is 13.7 Å². The molecule has 1 aromatic rings. The van der Waals surface area contributed by atoms with Gasteiger partial charge in [0.05, 0.1) is 13.7 Å². The van der Waals surface area contributed by atoms with Crippen molar-refractivity contribution in [1.29, 1.82) is 0 Å². The lowest BCUT2D eigenvalue weighted by molar-refractivity contribution is -0.130. The van der Waals surface area contributed by atoms with Crippen LogP contribution < -0.4 is 21.1 Å². The molecule has 6 nitrogen and oxygen atoms in total. The Bertz CT molecular complexity index is 624. The van der Waals surface area contributed by atoms with E-state index in [4.69, 9.17) is 10.5 Å². The van der Waals surface area contributed by atoms with Crippen LogP contribution in [0.15, 0.2) is 24.3 Å². The number of methoxy groups -OCH3 is 1. The molecule has 0 aliphatic heterocycles. The fourth-order valence-corrected chi connectivity index (χ4v) is 4.32. The number of nitrogens with two attached hydrogens (primary N) is 1. The minimum atomic E-state index is -0.179. The van der Waals surface area contributed by atoms with E-state index < -0.39 is 0 Å². The number of fused-ring (bicyclic) bond motifs is 2. The number of ether oxygens (including phenoxy) is 1. The van der Waals surface area contributed by atoms with Gasteiger partial charge in [0, 0.05) is 18.5 Å². The van der Waals surface area contributed by atoms with Crippen molar-refractivity contribution in [2.45, 2.75) is 44.7 Å². The van der Waals surface area contributed by atoms with E-state index in [0.29, 0.717) is 18.4 Å². The second-order valence-electron chi connectivity index (χ2n) is 7.54. The van der Waals surface area contributed by atoms with Crippen molar-refractivity contribution < 1.29 is 14.3 Å². The van der Waals surface area contributed by atoms with E-state index in [-0.39, 0.29) is 42.7 Å². The number of carbonyl (C=O) groups is 2. The number of amides is 2. The van der Waals surface area contributed by atoms with E-state index in [9.17, 15) is 9.59 Å². The Morgan fingerprint density at radius 1 is 1.11 bits per heavy atom. The Labute approximate surface area is 167 Å². The van der Waals surface area contributed by atoms with Crippen molar-refractivity contribution in [1.82, 2.24) is 10.6 Å². The summed E-state index contributed by atoms with van der Waals surface area (Å²) in [6.07, 6.45) is 5.20. The predicted octanol–water partition coefficient (Wildman–Crippen LogP) is 2.00. The SMILES string of the molecule is COc1ccc(CNC(=O)CNC(=O)C2CC3CCCC(C2)C3N)cc1.Cl. The van der Waals surface area contributed by atoms with Gasteiger partial charge < -0.3 is 21.1 Å². The lowest BCUT2D eigenvalue weighted by Gasteiger charge is -2.43. The number of nitrogens with one attached hydrogen (secondary N) is 2. The molecule has 2 aliphatic rings. The van der Waals surface area contributed by atoms with Gasteiger partial charge in [-0.05, 0) is 55.2 Å². The van der Waals surface area contributed by atoms with E-state index in [2.05, 4.69) is 10.6 Å². The minimum absolute atomic E-state index is 0. The summed E-state index contributed by atoms with van der Waals surface area (Å²) in [6.45, 7) is 0.452. The molecule has 0 heterocycles. The molecule has 7 heteroatoms. The number of carbonyl (C=O) groups excluding carboxylic acids is 2. The molecule has 3 rings (SSSR count). The quantitative estimate of drug-likeness (QED) is 0.686. The molecule has 2 unspecified atom stereocenters.